The lowest BCUT2D eigenvalue weighted by Gasteiger charge is -2.08. The van der Waals surface area contributed by atoms with Crippen molar-refractivity contribution in [2.24, 2.45) is 5.10 Å². The molecule has 2 aromatic rings. The van der Waals surface area contributed by atoms with Gasteiger partial charge in [0.05, 0.1) is 25.4 Å². The molecule has 0 N–H and O–H groups in total. The van der Waals surface area contributed by atoms with Crippen LogP contribution in [0, 0.1) is 10.1 Å². The summed E-state index contributed by atoms with van der Waals surface area (Å²) in [4.78, 5) is 10.5. The zero-order chi connectivity index (χ0) is 14.5. The molecule has 1 heterocycles. The van der Waals surface area contributed by atoms with Gasteiger partial charge in [-0.2, -0.15) is 5.10 Å². The molecule has 0 atom stereocenters. The van der Waals surface area contributed by atoms with Gasteiger partial charge in [-0.15, -0.1) is 10.2 Å². The molecule has 1 aromatic heterocycles. The van der Waals surface area contributed by atoms with E-state index in [1.807, 2.05) is 0 Å². The molecule has 0 unspecified atom stereocenters. The summed E-state index contributed by atoms with van der Waals surface area (Å²) in [6.45, 7) is 0. The van der Waals surface area contributed by atoms with Crippen LogP contribution in [0.25, 0.3) is 0 Å². The first-order chi connectivity index (χ1) is 9.65. The minimum Gasteiger partial charge on any atom is -0.493 e. The van der Waals surface area contributed by atoms with Crippen molar-refractivity contribution >= 4 is 11.9 Å². The molecule has 0 saturated carbocycles. The number of nitro groups is 1. The molecule has 0 aliphatic rings. The number of methoxy groups -OCH3 is 2. The van der Waals surface area contributed by atoms with Gasteiger partial charge < -0.3 is 9.47 Å². The maximum Gasteiger partial charge on any atom is 0.315 e. The average molecular weight is 277 g/mol. The highest BCUT2D eigenvalue weighted by molar-refractivity contribution is 5.83. The minimum atomic E-state index is -0.544. The second kappa shape index (κ2) is 5.78. The average Bonchev–Trinajstić information content (AvgIpc) is 2.97. The van der Waals surface area contributed by atoms with Crippen molar-refractivity contribution in [2.45, 2.75) is 0 Å². The topological polar surface area (TPSA) is 105 Å². The van der Waals surface area contributed by atoms with E-state index in [9.17, 15) is 10.1 Å². The molecule has 0 amide bonds. The Balaban J connectivity index is 2.44. The lowest BCUT2D eigenvalue weighted by molar-refractivity contribution is -0.385. The second-order valence-corrected chi connectivity index (χ2v) is 3.62. The van der Waals surface area contributed by atoms with E-state index in [0.717, 1.165) is 0 Å². The Morgan fingerprint density at radius 1 is 1.30 bits per heavy atom. The third-order valence-electron chi connectivity index (χ3n) is 2.43. The van der Waals surface area contributed by atoms with Gasteiger partial charge in [0.25, 0.3) is 0 Å². The SMILES string of the molecule is COc1cc(/C=N\n2cnnc2)cc([N+](=O)[O-])c1OC. The van der Waals surface area contributed by atoms with Crippen LogP contribution in [0.15, 0.2) is 29.9 Å². The molecule has 0 radical (unpaired) electrons. The number of benzene rings is 1. The molecule has 0 bridgehead atoms. The van der Waals surface area contributed by atoms with E-state index in [0.29, 0.717) is 5.56 Å². The van der Waals surface area contributed by atoms with Crippen molar-refractivity contribution in [2.75, 3.05) is 14.2 Å². The van der Waals surface area contributed by atoms with E-state index in [1.54, 1.807) is 6.07 Å². The summed E-state index contributed by atoms with van der Waals surface area (Å²) >= 11 is 0. The van der Waals surface area contributed by atoms with Crippen LogP contribution in [0.3, 0.4) is 0 Å². The molecule has 1 aromatic carbocycles. The zero-order valence-electron chi connectivity index (χ0n) is 10.8. The fourth-order valence-corrected chi connectivity index (χ4v) is 1.56. The van der Waals surface area contributed by atoms with Crippen LogP contribution in [0.5, 0.6) is 11.5 Å². The summed E-state index contributed by atoms with van der Waals surface area (Å²) in [5, 5.41) is 22.2. The predicted molar refractivity (Wildman–Crippen MR) is 69.2 cm³/mol. The lowest BCUT2D eigenvalue weighted by Crippen LogP contribution is -1.99. The molecule has 0 spiro atoms. The van der Waals surface area contributed by atoms with E-state index in [4.69, 9.17) is 9.47 Å². The van der Waals surface area contributed by atoms with Crippen molar-refractivity contribution in [3.05, 3.63) is 40.5 Å². The first-order valence-corrected chi connectivity index (χ1v) is 5.45. The molecule has 0 fully saturated rings. The second-order valence-electron chi connectivity index (χ2n) is 3.62. The van der Waals surface area contributed by atoms with Gasteiger partial charge in [-0.05, 0) is 6.07 Å². The molecule has 2 rings (SSSR count). The van der Waals surface area contributed by atoms with E-state index in [2.05, 4.69) is 15.3 Å². The molecule has 9 heteroatoms. The standard InChI is InChI=1S/C11H11N5O4/c1-19-10-4-8(5-14-15-6-12-13-7-15)3-9(16(17)18)11(10)20-2/h3-7H,1-2H3/b14-5-. The van der Waals surface area contributed by atoms with E-state index in [1.165, 1.54) is 43.8 Å². The van der Waals surface area contributed by atoms with Crippen molar-refractivity contribution in [1.82, 2.24) is 14.9 Å². The summed E-state index contributed by atoms with van der Waals surface area (Å²) in [6, 6.07) is 2.93. The number of hydrogen-bond acceptors (Lipinski definition) is 7. The largest absolute Gasteiger partial charge is 0.493 e. The molecule has 0 aliphatic heterocycles. The van der Waals surface area contributed by atoms with Gasteiger partial charge in [-0.3, -0.25) is 10.1 Å². The lowest BCUT2D eigenvalue weighted by atomic mass is 10.2. The predicted octanol–water partition coefficient (Wildman–Crippen LogP) is 1.09. The van der Waals surface area contributed by atoms with Crippen LogP contribution in [-0.4, -0.2) is 40.2 Å². The van der Waals surface area contributed by atoms with Gasteiger partial charge in [0.15, 0.2) is 5.75 Å². The molecule has 104 valence electrons. The number of ether oxygens (including phenoxy) is 2. The summed E-state index contributed by atoms with van der Waals surface area (Å²) in [6.07, 6.45) is 4.22. The fraction of sp³-hybridized carbons (Fsp3) is 0.182. The van der Waals surface area contributed by atoms with Crippen LogP contribution in [-0.2, 0) is 0 Å². The highest BCUT2D eigenvalue weighted by atomic mass is 16.6. The third kappa shape index (κ3) is 2.71. The van der Waals surface area contributed by atoms with Gasteiger partial charge in [0, 0.05) is 11.6 Å². The number of hydrogen-bond donors (Lipinski definition) is 0. The quantitative estimate of drug-likeness (QED) is 0.460. The van der Waals surface area contributed by atoms with E-state index >= 15 is 0 Å². The van der Waals surface area contributed by atoms with E-state index < -0.39 is 4.92 Å². The van der Waals surface area contributed by atoms with Crippen LogP contribution < -0.4 is 9.47 Å². The molecular weight excluding hydrogens is 266 g/mol. The molecule has 0 aliphatic carbocycles. The minimum absolute atomic E-state index is 0.0685. The molecular formula is C11H11N5O4. The van der Waals surface area contributed by atoms with Crippen LogP contribution in [0.4, 0.5) is 5.69 Å². The van der Waals surface area contributed by atoms with Crippen molar-refractivity contribution in [3.63, 3.8) is 0 Å². The monoisotopic (exact) mass is 277 g/mol. The Hall–Kier alpha value is -2.97. The number of nitro benzene ring substituents is 1. The summed E-state index contributed by atoms with van der Waals surface area (Å²) in [5.41, 5.74) is 0.292. The Morgan fingerprint density at radius 3 is 2.55 bits per heavy atom. The maximum atomic E-state index is 11.0. The van der Waals surface area contributed by atoms with Gasteiger partial charge >= 0.3 is 5.69 Å². The summed E-state index contributed by atoms with van der Waals surface area (Å²) < 4.78 is 11.4. The zero-order valence-corrected chi connectivity index (χ0v) is 10.8. The fourth-order valence-electron chi connectivity index (χ4n) is 1.56. The molecule has 20 heavy (non-hydrogen) atoms. The van der Waals surface area contributed by atoms with Crippen molar-refractivity contribution in [3.8, 4) is 11.5 Å². The van der Waals surface area contributed by atoms with Gasteiger partial charge in [0.2, 0.25) is 5.75 Å². The first kappa shape index (κ1) is 13.5. The van der Waals surface area contributed by atoms with Gasteiger partial charge in [0.1, 0.15) is 12.7 Å². The highest BCUT2D eigenvalue weighted by Crippen LogP contribution is 2.37. The summed E-state index contributed by atoms with van der Waals surface area (Å²) in [7, 11) is 2.75. The Labute approximate surface area is 113 Å². The molecule has 0 saturated heterocycles. The third-order valence-corrected chi connectivity index (χ3v) is 2.43. The van der Waals surface area contributed by atoms with E-state index in [-0.39, 0.29) is 17.2 Å². The van der Waals surface area contributed by atoms with Crippen LogP contribution >= 0.6 is 0 Å². The van der Waals surface area contributed by atoms with Gasteiger partial charge in [-0.1, -0.05) is 0 Å². The van der Waals surface area contributed by atoms with Crippen LogP contribution in [0.2, 0.25) is 0 Å². The Kier molecular flexibility index (Phi) is 3.89. The normalized spacial score (nSPS) is 10.7. The van der Waals surface area contributed by atoms with Gasteiger partial charge in [-0.25, -0.2) is 4.68 Å². The van der Waals surface area contributed by atoms with Crippen molar-refractivity contribution in [1.29, 1.82) is 0 Å². The number of nitrogens with zero attached hydrogens (tertiary/aromatic N) is 5. The van der Waals surface area contributed by atoms with Crippen LogP contribution in [0.1, 0.15) is 5.56 Å². The first-order valence-electron chi connectivity index (χ1n) is 5.45. The smallest absolute Gasteiger partial charge is 0.315 e. The highest BCUT2D eigenvalue weighted by Gasteiger charge is 2.20. The number of rotatable bonds is 5. The number of aromatic nitrogens is 3. The Morgan fingerprint density at radius 2 is 2.00 bits per heavy atom. The van der Waals surface area contributed by atoms with Crippen molar-refractivity contribution < 1.29 is 14.4 Å². The Bertz CT molecular complexity index is 639. The molecule has 9 nitrogen and oxygen atoms in total. The maximum absolute atomic E-state index is 11.0. The summed E-state index contributed by atoms with van der Waals surface area (Å²) in [5.74, 6) is 0.325.